The minimum Gasteiger partial charge on any atom is -0.300 e. The predicted octanol–water partition coefficient (Wildman–Crippen LogP) is 1.12. The molecular weight excluding hydrogens is 322 g/mol. The number of rotatable bonds is 3. The molecule has 1 aromatic carbocycles. The third-order valence-electron chi connectivity index (χ3n) is 5.35. The summed E-state index contributed by atoms with van der Waals surface area (Å²) in [4.78, 5) is 16.9. The van der Waals surface area contributed by atoms with E-state index in [9.17, 15) is 4.79 Å². The zero-order valence-electron chi connectivity index (χ0n) is 13.9. The molecule has 0 saturated carbocycles. The van der Waals surface area contributed by atoms with Gasteiger partial charge in [0.1, 0.15) is 0 Å². The number of amides is 2. The Morgan fingerprint density at radius 1 is 1.21 bits per heavy atom. The maximum absolute atomic E-state index is 11.8. The molecule has 1 aromatic rings. The minimum atomic E-state index is -0.259. The fourth-order valence-corrected chi connectivity index (χ4v) is 4.72. The van der Waals surface area contributed by atoms with Gasteiger partial charge >= 0.3 is 6.03 Å². The molecule has 2 amide bonds. The lowest BCUT2D eigenvalue weighted by atomic mass is 9.66. The van der Waals surface area contributed by atoms with Crippen LogP contribution in [-0.4, -0.2) is 67.1 Å². The molecule has 128 valence electrons. The van der Waals surface area contributed by atoms with E-state index in [0.717, 1.165) is 45.0 Å². The lowest BCUT2D eigenvalue weighted by molar-refractivity contribution is 0.163. The van der Waals surface area contributed by atoms with Crippen LogP contribution in [-0.2, 0) is 5.41 Å². The number of hydrogen-bond donors (Lipinski definition) is 2. The van der Waals surface area contributed by atoms with Crippen molar-refractivity contribution in [2.24, 2.45) is 11.0 Å². The fourth-order valence-electron chi connectivity index (χ4n) is 4.49. The lowest BCUT2D eigenvalue weighted by Gasteiger charge is -2.50. The molecule has 0 radical (unpaired) electrons. The van der Waals surface area contributed by atoms with Crippen LogP contribution in [0.3, 0.4) is 0 Å². The first-order valence-corrected chi connectivity index (χ1v) is 9.61. The quantitative estimate of drug-likeness (QED) is 0.637. The third-order valence-corrected chi connectivity index (χ3v) is 5.74. The van der Waals surface area contributed by atoms with E-state index in [2.05, 4.69) is 55.4 Å². The van der Waals surface area contributed by atoms with Gasteiger partial charge in [-0.2, -0.15) is 5.10 Å². The monoisotopic (exact) mass is 345 g/mol. The molecule has 2 N–H and O–H groups in total. The molecule has 0 aliphatic carbocycles. The number of fused-ring (bicyclic) bond motifs is 1. The highest BCUT2D eigenvalue weighted by Gasteiger charge is 2.53. The molecule has 6 nitrogen and oxygen atoms in total. The van der Waals surface area contributed by atoms with Crippen LogP contribution in [0.5, 0.6) is 0 Å². The standard InChI is InChI=1S/C17H23N5OS/c1-24-20-16(23)19-18-15-13-9-21-7-8-22(10-13)12-17(15,11-21)14-5-3-2-4-6-14/h2-6,13H,7-12H2,1H3,(H2,19,20,23)/b18-15+. The number of hydrogen-bond acceptors (Lipinski definition) is 5. The zero-order valence-corrected chi connectivity index (χ0v) is 14.7. The summed E-state index contributed by atoms with van der Waals surface area (Å²) in [7, 11) is 0. The van der Waals surface area contributed by atoms with Gasteiger partial charge in [0.05, 0.1) is 11.1 Å². The van der Waals surface area contributed by atoms with Crippen molar-refractivity contribution >= 4 is 23.7 Å². The second kappa shape index (κ2) is 6.38. The Hall–Kier alpha value is -1.57. The molecule has 0 spiro atoms. The molecule has 4 fully saturated rings. The van der Waals surface area contributed by atoms with Crippen molar-refractivity contribution in [1.82, 2.24) is 19.9 Å². The number of piperidine rings is 2. The highest BCUT2D eigenvalue weighted by atomic mass is 32.2. The first-order valence-electron chi connectivity index (χ1n) is 8.38. The van der Waals surface area contributed by atoms with Crippen LogP contribution >= 0.6 is 11.9 Å². The predicted molar refractivity (Wildman–Crippen MR) is 97.1 cm³/mol. The van der Waals surface area contributed by atoms with Crippen molar-refractivity contribution in [2.45, 2.75) is 5.41 Å². The van der Waals surface area contributed by atoms with Crippen molar-refractivity contribution in [3.63, 3.8) is 0 Å². The van der Waals surface area contributed by atoms with E-state index in [1.165, 1.54) is 17.5 Å². The number of carbonyl (C=O) groups excluding carboxylic acids is 1. The SMILES string of the molecule is CSNC(=O)N/N=C1\C2CN3CCN(C2)CC1(c1ccccc1)C3. The summed E-state index contributed by atoms with van der Waals surface area (Å²) in [5, 5.41) is 4.62. The molecule has 4 saturated heterocycles. The fraction of sp³-hybridized carbons (Fsp3) is 0.529. The molecule has 24 heavy (non-hydrogen) atoms. The molecule has 2 unspecified atom stereocenters. The number of nitrogens with one attached hydrogen (secondary N) is 2. The van der Waals surface area contributed by atoms with Gasteiger partial charge in [-0.25, -0.2) is 10.2 Å². The first-order chi connectivity index (χ1) is 11.7. The summed E-state index contributed by atoms with van der Waals surface area (Å²) >= 11 is 1.28. The number of benzene rings is 1. The zero-order chi connectivity index (χ0) is 16.6. The topological polar surface area (TPSA) is 60.0 Å². The molecule has 2 atom stereocenters. The molecule has 0 aromatic heterocycles. The third kappa shape index (κ3) is 2.70. The lowest BCUT2D eigenvalue weighted by Crippen LogP contribution is -2.64. The average Bonchev–Trinajstić information content (AvgIpc) is 2.83. The summed E-state index contributed by atoms with van der Waals surface area (Å²) in [5.74, 6) is 0.379. The van der Waals surface area contributed by atoms with Crippen molar-refractivity contribution in [3.05, 3.63) is 35.9 Å². The molecule has 5 rings (SSSR count). The number of carbonyl (C=O) groups is 1. The van der Waals surface area contributed by atoms with Crippen LogP contribution < -0.4 is 10.1 Å². The van der Waals surface area contributed by atoms with Gasteiger partial charge in [-0.3, -0.25) is 4.72 Å². The Morgan fingerprint density at radius 3 is 2.50 bits per heavy atom. The number of urea groups is 1. The maximum atomic E-state index is 11.8. The van der Waals surface area contributed by atoms with Gasteiger partial charge in [0.15, 0.2) is 0 Å². The van der Waals surface area contributed by atoms with Crippen LogP contribution in [0.1, 0.15) is 5.56 Å². The van der Waals surface area contributed by atoms with Gasteiger partial charge in [0, 0.05) is 51.4 Å². The van der Waals surface area contributed by atoms with E-state index in [0.29, 0.717) is 5.92 Å². The number of hydrazone groups is 1. The van der Waals surface area contributed by atoms with Crippen molar-refractivity contribution in [3.8, 4) is 0 Å². The summed E-state index contributed by atoms with van der Waals surface area (Å²) in [6, 6.07) is 10.4. The molecule has 7 heteroatoms. The Kier molecular flexibility index (Phi) is 4.24. The highest BCUT2D eigenvalue weighted by Crippen LogP contribution is 2.40. The largest absolute Gasteiger partial charge is 0.345 e. The highest BCUT2D eigenvalue weighted by molar-refractivity contribution is 7.97. The van der Waals surface area contributed by atoms with Gasteiger partial charge in [0.25, 0.3) is 0 Å². The molecule has 4 aliphatic heterocycles. The average molecular weight is 345 g/mol. The molecule has 4 aliphatic rings. The van der Waals surface area contributed by atoms with E-state index in [1.807, 2.05) is 6.26 Å². The van der Waals surface area contributed by atoms with E-state index in [4.69, 9.17) is 0 Å². The van der Waals surface area contributed by atoms with Crippen LogP contribution in [0.4, 0.5) is 4.79 Å². The van der Waals surface area contributed by atoms with Gasteiger partial charge < -0.3 is 9.80 Å². The Labute approximate surface area is 146 Å². The van der Waals surface area contributed by atoms with Crippen LogP contribution in [0.2, 0.25) is 0 Å². The summed E-state index contributed by atoms with van der Waals surface area (Å²) in [5.41, 5.74) is 5.03. The Balaban J connectivity index is 1.73. The van der Waals surface area contributed by atoms with Crippen LogP contribution in [0, 0.1) is 5.92 Å². The van der Waals surface area contributed by atoms with Crippen molar-refractivity contribution < 1.29 is 4.79 Å². The van der Waals surface area contributed by atoms with Gasteiger partial charge in [0.2, 0.25) is 0 Å². The molecule has 4 bridgehead atoms. The van der Waals surface area contributed by atoms with Gasteiger partial charge in [-0.05, 0) is 5.56 Å². The molecular formula is C17H23N5OS. The van der Waals surface area contributed by atoms with Gasteiger partial charge in [-0.15, -0.1) is 0 Å². The van der Waals surface area contributed by atoms with E-state index in [1.54, 1.807) is 0 Å². The maximum Gasteiger partial charge on any atom is 0.345 e. The Morgan fingerprint density at radius 2 is 1.88 bits per heavy atom. The normalized spacial score (nSPS) is 35.7. The van der Waals surface area contributed by atoms with Crippen LogP contribution in [0.15, 0.2) is 35.4 Å². The summed E-state index contributed by atoms with van der Waals surface area (Å²) < 4.78 is 2.67. The Bertz CT molecular complexity index is 634. The van der Waals surface area contributed by atoms with Crippen molar-refractivity contribution in [2.75, 3.05) is 45.5 Å². The second-order valence-corrected chi connectivity index (χ2v) is 7.47. The van der Waals surface area contributed by atoms with Gasteiger partial charge in [-0.1, -0.05) is 42.3 Å². The first kappa shape index (κ1) is 15.9. The second-order valence-electron chi connectivity index (χ2n) is 6.86. The van der Waals surface area contributed by atoms with Crippen molar-refractivity contribution in [1.29, 1.82) is 0 Å². The summed E-state index contributed by atoms with van der Waals surface area (Å²) in [6.07, 6.45) is 1.83. The van der Waals surface area contributed by atoms with E-state index >= 15 is 0 Å². The minimum absolute atomic E-state index is 0.119. The number of nitrogens with zero attached hydrogens (tertiary/aromatic N) is 3. The molecule has 4 heterocycles. The van der Waals surface area contributed by atoms with E-state index in [-0.39, 0.29) is 11.4 Å². The smallest absolute Gasteiger partial charge is 0.300 e. The van der Waals surface area contributed by atoms with E-state index < -0.39 is 0 Å². The van der Waals surface area contributed by atoms with Crippen LogP contribution in [0.25, 0.3) is 0 Å². The summed E-state index contributed by atoms with van der Waals surface area (Å²) in [6.45, 7) is 6.28.